The van der Waals surface area contributed by atoms with Crippen LogP contribution in [0, 0.1) is 11.8 Å². The second kappa shape index (κ2) is 6.02. The van der Waals surface area contributed by atoms with E-state index in [2.05, 4.69) is 5.10 Å². The lowest BCUT2D eigenvalue weighted by atomic mass is 9.85. The Morgan fingerprint density at radius 3 is 2.76 bits per heavy atom. The van der Waals surface area contributed by atoms with Crippen LogP contribution < -0.4 is 10.6 Å². The van der Waals surface area contributed by atoms with E-state index in [9.17, 15) is 9.59 Å². The van der Waals surface area contributed by atoms with Gasteiger partial charge < -0.3 is 10.6 Å². The predicted molar refractivity (Wildman–Crippen MR) is 93.9 cm³/mol. The SMILES string of the molecule is Cn1ncc2c1CC(C(=O)N1CC(C(N)=O)Cc3ccccc31)CC2. The van der Waals surface area contributed by atoms with Crippen molar-refractivity contribution < 1.29 is 9.59 Å². The largest absolute Gasteiger partial charge is 0.369 e. The lowest BCUT2D eigenvalue weighted by molar-refractivity contribution is -0.124. The molecule has 25 heavy (non-hydrogen) atoms. The van der Waals surface area contributed by atoms with Crippen molar-refractivity contribution in [2.45, 2.75) is 25.7 Å². The zero-order valence-electron chi connectivity index (χ0n) is 14.3. The Morgan fingerprint density at radius 1 is 1.16 bits per heavy atom. The van der Waals surface area contributed by atoms with Crippen LogP contribution in [0.25, 0.3) is 0 Å². The first-order valence-corrected chi connectivity index (χ1v) is 8.73. The van der Waals surface area contributed by atoms with E-state index in [0.717, 1.165) is 29.8 Å². The molecule has 0 radical (unpaired) electrons. The summed E-state index contributed by atoms with van der Waals surface area (Å²) in [6, 6.07) is 7.81. The number of aryl methyl sites for hydroxylation is 2. The topological polar surface area (TPSA) is 81.2 Å². The Balaban J connectivity index is 1.63. The van der Waals surface area contributed by atoms with Gasteiger partial charge in [-0.15, -0.1) is 0 Å². The number of carbonyl (C=O) groups is 2. The summed E-state index contributed by atoms with van der Waals surface area (Å²) in [5, 5.41) is 4.31. The molecular formula is C19H22N4O2. The molecule has 6 heteroatoms. The highest BCUT2D eigenvalue weighted by molar-refractivity contribution is 5.97. The molecule has 2 atom stereocenters. The quantitative estimate of drug-likeness (QED) is 0.894. The van der Waals surface area contributed by atoms with E-state index in [4.69, 9.17) is 5.73 Å². The molecule has 1 aliphatic carbocycles. The minimum Gasteiger partial charge on any atom is -0.369 e. The summed E-state index contributed by atoms with van der Waals surface area (Å²) in [5.74, 6) is -0.660. The van der Waals surface area contributed by atoms with Gasteiger partial charge >= 0.3 is 0 Å². The highest BCUT2D eigenvalue weighted by atomic mass is 16.2. The van der Waals surface area contributed by atoms with Gasteiger partial charge in [-0.25, -0.2) is 0 Å². The fraction of sp³-hybridized carbons (Fsp3) is 0.421. The standard InChI is InChI=1S/C19H22N4O2/c1-22-17-9-13(6-7-14(17)10-21-22)19(25)23-11-15(18(20)24)8-12-4-2-3-5-16(12)23/h2-5,10,13,15H,6-9,11H2,1H3,(H2,20,24). The second-order valence-electron chi connectivity index (χ2n) is 7.06. The predicted octanol–water partition coefficient (Wildman–Crippen LogP) is 1.22. The summed E-state index contributed by atoms with van der Waals surface area (Å²) < 4.78 is 1.87. The van der Waals surface area contributed by atoms with Crippen LogP contribution in [-0.2, 0) is 35.9 Å². The molecule has 1 aliphatic heterocycles. The maximum atomic E-state index is 13.3. The molecule has 0 fully saturated rings. The average molecular weight is 338 g/mol. The number of hydrogen-bond acceptors (Lipinski definition) is 3. The average Bonchev–Trinajstić information content (AvgIpc) is 3.00. The summed E-state index contributed by atoms with van der Waals surface area (Å²) in [4.78, 5) is 26.8. The van der Waals surface area contributed by atoms with Gasteiger partial charge in [-0.2, -0.15) is 5.10 Å². The number of aromatic nitrogens is 2. The molecule has 2 aliphatic rings. The molecule has 1 aromatic heterocycles. The molecule has 1 aromatic carbocycles. The third-order valence-corrected chi connectivity index (χ3v) is 5.52. The first-order valence-electron chi connectivity index (χ1n) is 8.73. The molecule has 2 amide bonds. The second-order valence-corrected chi connectivity index (χ2v) is 7.06. The van der Waals surface area contributed by atoms with Gasteiger partial charge in [0.1, 0.15) is 0 Å². The molecule has 0 saturated heterocycles. The van der Waals surface area contributed by atoms with Crippen LogP contribution >= 0.6 is 0 Å². The van der Waals surface area contributed by atoms with Crippen molar-refractivity contribution in [2.24, 2.45) is 24.6 Å². The van der Waals surface area contributed by atoms with Crippen molar-refractivity contribution in [2.75, 3.05) is 11.4 Å². The van der Waals surface area contributed by atoms with Gasteiger partial charge in [-0.3, -0.25) is 14.3 Å². The van der Waals surface area contributed by atoms with E-state index in [-0.39, 0.29) is 23.7 Å². The van der Waals surface area contributed by atoms with Gasteiger partial charge in [0, 0.05) is 37.3 Å². The molecule has 2 unspecified atom stereocenters. The molecule has 2 aromatic rings. The number of nitrogens with two attached hydrogens (primary N) is 1. The van der Waals surface area contributed by atoms with Crippen molar-refractivity contribution in [3.8, 4) is 0 Å². The molecule has 2 N–H and O–H groups in total. The summed E-state index contributed by atoms with van der Waals surface area (Å²) in [6.45, 7) is 0.375. The van der Waals surface area contributed by atoms with Gasteiger partial charge in [-0.05, 0) is 36.5 Å². The van der Waals surface area contributed by atoms with Gasteiger partial charge in [0.2, 0.25) is 11.8 Å². The summed E-state index contributed by atoms with van der Waals surface area (Å²) >= 11 is 0. The van der Waals surface area contributed by atoms with Crippen LogP contribution in [0.3, 0.4) is 0 Å². The maximum Gasteiger partial charge on any atom is 0.230 e. The van der Waals surface area contributed by atoms with Crippen molar-refractivity contribution in [3.63, 3.8) is 0 Å². The zero-order chi connectivity index (χ0) is 17.6. The molecular weight excluding hydrogens is 316 g/mol. The molecule has 6 nitrogen and oxygen atoms in total. The van der Waals surface area contributed by atoms with Gasteiger partial charge in [0.25, 0.3) is 0 Å². The van der Waals surface area contributed by atoms with E-state index in [0.29, 0.717) is 19.4 Å². The van der Waals surface area contributed by atoms with Gasteiger partial charge in [0.05, 0.1) is 12.1 Å². The number of hydrogen-bond donors (Lipinski definition) is 1. The molecule has 0 spiro atoms. The van der Waals surface area contributed by atoms with Crippen molar-refractivity contribution >= 4 is 17.5 Å². The lowest BCUT2D eigenvalue weighted by Gasteiger charge is -2.36. The number of para-hydroxylation sites is 1. The lowest BCUT2D eigenvalue weighted by Crippen LogP contribution is -2.47. The van der Waals surface area contributed by atoms with Crippen molar-refractivity contribution in [1.29, 1.82) is 0 Å². The Bertz CT molecular complexity index is 842. The van der Waals surface area contributed by atoms with E-state index in [1.165, 1.54) is 5.56 Å². The summed E-state index contributed by atoms with van der Waals surface area (Å²) in [7, 11) is 1.92. The third kappa shape index (κ3) is 2.71. The summed E-state index contributed by atoms with van der Waals surface area (Å²) in [6.07, 6.45) is 4.89. The van der Waals surface area contributed by atoms with Crippen molar-refractivity contribution in [3.05, 3.63) is 47.3 Å². The minimum absolute atomic E-state index is 0.0809. The number of nitrogens with zero attached hydrogens (tertiary/aromatic N) is 3. The van der Waals surface area contributed by atoms with Crippen LogP contribution in [0.5, 0.6) is 0 Å². The third-order valence-electron chi connectivity index (χ3n) is 5.52. The van der Waals surface area contributed by atoms with Crippen molar-refractivity contribution in [1.82, 2.24) is 9.78 Å². The number of fused-ring (bicyclic) bond motifs is 2. The Labute approximate surface area is 146 Å². The molecule has 2 heterocycles. The molecule has 130 valence electrons. The highest BCUT2D eigenvalue weighted by Gasteiger charge is 2.36. The zero-order valence-corrected chi connectivity index (χ0v) is 14.3. The Hall–Kier alpha value is -2.63. The van der Waals surface area contributed by atoms with E-state index in [1.54, 1.807) is 4.90 Å². The molecule has 0 saturated carbocycles. The summed E-state index contributed by atoms with van der Waals surface area (Å²) in [5.41, 5.74) is 9.86. The minimum atomic E-state index is -0.343. The maximum absolute atomic E-state index is 13.3. The Kier molecular flexibility index (Phi) is 3.82. The molecule has 0 bridgehead atoms. The van der Waals surface area contributed by atoms with Crippen LogP contribution in [0.2, 0.25) is 0 Å². The van der Waals surface area contributed by atoms with E-state index in [1.807, 2.05) is 42.2 Å². The number of benzene rings is 1. The fourth-order valence-electron chi connectivity index (χ4n) is 4.07. The number of anilines is 1. The van der Waals surface area contributed by atoms with E-state index >= 15 is 0 Å². The monoisotopic (exact) mass is 338 g/mol. The van der Waals surface area contributed by atoms with Crippen LogP contribution in [0.1, 0.15) is 23.2 Å². The van der Waals surface area contributed by atoms with Gasteiger partial charge in [-0.1, -0.05) is 18.2 Å². The smallest absolute Gasteiger partial charge is 0.230 e. The number of carbonyl (C=O) groups excluding carboxylic acids is 2. The van der Waals surface area contributed by atoms with Crippen LogP contribution in [-0.4, -0.2) is 28.1 Å². The normalized spacial score (nSPS) is 22.2. The fourth-order valence-corrected chi connectivity index (χ4v) is 4.07. The van der Waals surface area contributed by atoms with Gasteiger partial charge in [0.15, 0.2) is 0 Å². The molecule has 4 rings (SSSR count). The first kappa shape index (κ1) is 15.9. The first-order chi connectivity index (χ1) is 12.0. The highest BCUT2D eigenvalue weighted by Crippen LogP contribution is 2.33. The number of primary amides is 1. The van der Waals surface area contributed by atoms with Crippen LogP contribution in [0.15, 0.2) is 30.5 Å². The number of rotatable bonds is 2. The number of amides is 2. The van der Waals surface area contributed by atoms with E-state index < -0.39 is 0 Å². The van der Waals surface area contributed by atoms with Crippen LogP contribution in [0.4, 0.5) is 5.69 Å². The Morgan fingerprint density at radius 2 is 1.96 bits per heavy atom.